The molecule has 1 aliphatic carbocycles. The number of nitrogens with zero attached hydrogens (tertiary/aromatic N) is 7. The number of aromatic nitrogens is 7. The van der Waals surface area contributed by atoms with Gasteiger partial charge in [-0.25, -0.2) is 19.9 Å². The zero-order chi connectivity index (χ0) is 26.1. The van der Waals surface area contributed by atoms with E-state index in [2.05, 4.69) is 35.7 Å². The molecule has 0 spiro atoms. The lowest BCUT2D eigenvalue weighted by molar-refractivity contribution is 0.0968. The molecule has 0 atom stereocenters. The number of aryl methyl sites for hydroxylation is 1. The molecule has 0 radical (unpaired) electrons. The van der Waals surface area contributed by atoms with Gasteiger partial charge in [-0.1, -0.05) is 6.07 Å². The second kappa shape index (κ2) is 9.77. The van der Waals surface area contributed by atoms with Crippen molar-refractivity contribution in [3.05, 3.63) is 79.4 Å². The predicted molar refractivity (Wildman–Crippen MR) is 142 cm³/mol. The topological polar surface area (TPSA) is 125 Å². The summed E-state index contributed by atoms with van der Waals surface area (Å²) < 4.78 is 9.27. The molecule has 6 rings (SSSR count). The molecule has 1 saturated carbocycles. The van der Waals surface area contributed by atoms with Gasteiger partial charge in [-0.2, -0.15) is 5.10 Å². The number of imidazole rings is 1. The maximum absolute atomic E-state index is 13.1. The molecule has 4 heterocycles. The number of nitrogens with one attached hydrogen (secondary N) is 2. The van der Waals surface area contributed by atoms with Gasteiger partial charge in [-0.15, -0.1) is 0 Å². The summed E-state index contributed by atoms with van der Waals surface area (Å²) in [6.45, 7) is 0. The van der Waals surface area contributed by atoms with Crippen LogP contribution in [0.3, 0.4) is 0 Å². The summed E-state index contributed by atoms with van der Waals surface area (Å²) in [5.74, 6) is 2.41. The zero-order valence-electron chi connectivity index (χ0n) is 20.9. The fraction of sp³-hybridized carbons (Fsp3) is 0.185. The van der Waals surface area contributed by atoms with Crippen LogP contribution in [0.4, 0.5) is 23.0 Å². The minimum Gasteiger partial charge on any atom is -0.494 e. The van der Waals surface area contributed by atoms with Crippen LogP contribution in [0.1, 0.15) is 23.2 Å². The highest BCUT2D eigenvalue weighted by Crippen LogP contribution is 2.39. The summed E-state index contributed by atoms with van der Waals surface area (Å²) in [5.41, 5.74) is 3.47. The van der Waals surface area contributed by atoms with E-state index in [1.165, 1.54) is 0 Å². The molecule has 2 N–H and O–H groups in total. The molecule has 0 saturated heterocycles. The Hall–Kier alpha value is -5.06. The molecule has 1 aromatic carbocycles. The number of hydrogen-bond donors (Lipinski definition) is 2. The highest BCUT2D eigenvalue weighted by molar-refractivity contribution is 6.04. The fourth-order valence-corrected chi connectivity index (χ4v) is 4.18. The van der Waals surface area contributed by atoms with E-state index in [0.29, 0.717) is 40.1 Å². The van der Waals surface area contributed by atoms with Gasteiger partial charge in [-0.05, 0) is 37.1 Å². The Bertz CT molecular complexity index is 1590. The van der Waals surface area contributed by atoms with E-state index in [-0.39, 0.29) is 11.7 Å². The van der Waals surface area contributed by atoms with Crippen LogP contribution in [0.2, 0.25) is 0 Å². The Morgan fingerprint density at radius 2 is 1.87 bits per heavy atom. The lowest BCUT2D eigenvalue weighted by Crippen LogP contribution is -2.09. The SMILES string of the molecule is COc1c(Nc2cc(Nc3ccc(-n4ccnc4)cn3)ncc2C(=O)C2CC2)cccc1-c1ncn(C)n1. The monoisotopic (exact) mass is 507 g/mol. The molecular weight excluding hydrogens is 482 g/mol. The second-order valence-corrected chi connectivity index (χ2v) is 9.00. The van der Waals surface area contributed by atoms with E-state index in [0.717, 1.165) is 24.1 Å². The van der Waals surface area contributed by atoms with E-state index < -0.39 is 0 Å². The number of Topliss-reactive ketones (excluding diaryl/α,β-unsaturated/α-hetero) is 1. The Kier molecular flexibility index (Phi) is 6.00. The molecular formula is C27H25N9O2. The van der Waals surface area contributed by atoms with Crippen LogP contribution < -0.4 is 15.4 Å². The highest BCUT2D eigenvalue weighted by atomic mass is 16.5. The first-order valence-electron chi connectivity index (χ1n) is 12.1. The molecule has 0 bridgehead atoms. The number of carbonyl (C=O) groups is 1. The number of carbonyl (C=O) groups excluding carboxylic acids is 1. The highest BCUT2D eigenvalue weighted by Gasteiger charge is 2.32. The third kappa shape index (κ3) is 4.69. The number of rotatable bonds is 9. The number of ether oxygens (including phenoxy) is 1. The van der Waals surface area contributed by atoms with Gasteiger partial charge in [-0.3, -0.25) is 9.48 Å². The zero-order valence-corrected chi connectivity index (χ0v) is 20.9. The van der Waals surface area contributed by atoms with E-state index >= 15 is 0 Å². The van der Waals surface area contributed by atoms with Crippen molar-refractivity contribution in [3.63, 3.8) is 0 Å². The van der Waals surface area contributed by atoms with Crippen LogP contribution in [-0.2, 0) is 7.05 Å². The van der Waals surface area contributed by atoms with Crippen molar-refractivity contribution in [1.82, 2.24) is 34.3 Å². The summed E-state index contributed by atoms with van der Waals surface area (Å²) in [6, 6.07) is 11.3. The molecule has 4 aromatic heterocycles. The smallest absolute Gasteiger partial charge is 0.184 e. The van der Waals surface area contributed by atoms with Crippen molar-refractivity contribution in [2.75, 3.05) is 17.7 Å². The average molecular weight is 508 g/mol. The number of pyridine rings is 2. The molecule has 0 aliphatic heterocycles. The van der Waals surface area contributed by atoms with Gasteiger partial charge in [0.2, 0.25) is 0 Å². The Morgan fingerprint density at radius 3 is 2.55 bits per heavy atom. The van der Waals surface area contributed by atoms with Crippen molar-refractivity contribution in [3.8, 4) is 22.8 Å². The molecule has 1 aliphatic rings. The van der Waals surface area contributed by atoms with Crippen LogP contribution in [0.25, 0.3) is 17.1 Å². The predicted octanol–water partition coefficient (Wildman–Crippen LogP) is 4.55. The lowest BCUT2D eigenvalue weighted by Gasteiger charge is -2.17. The quantitative estimate of drug-likeness (QED) is 0.277. The van der Waals surface area contributed by atoms with Crippen LogP contribution in [-0.4, -0.2) is 47.2 Å². The molecule has 11 nitrogen and oxygen atoms in total. The third-order valence-electron chi connectivity index (χ3n) is 6.25. The first-order chi connectivity index (χ1) is 18.6. The number of anilines is 4. The van der Waals surface area contributed by atoms with Gasteiger partial charge in [0.25, 0.3) is 0 Å². The molecule has 11 heteroatoms. The van der Waals surface area contributed by atoms with E-state index in [1.54, 1.807) is 43.0 Å². The number of benzene rings is 1. The molecule has 0 amide bonds. The van der Waals surface area contributed by atoms with Gasteiger partial charge in [0, 0.05) is 37.6 Å². The molecule has 1 fully saturated rings. The lowest BCUT2D eigenvalue weighted by atomic mass is 10.1. The second-order valence-electron chi connectivity index (χ2n) is 9.00. The summed E-state index contributed by atoms with van der Waals surface area (Å²) in [5, 5.41) is 11.0. The molecule has 190 valence electrons. The minimum atomic E-state index is 0.0412. The van der Waals surface area contributed by atoms with Crippen molar-refractivity contribution in [2.45, 2.75) is 12.8 Å². The summed E-state index contributed by atoms with van der Waals surface area (Å²) in [4.78, 5) is 30.5. The van der Waals surface area contributed by atoms with Gasteiger partial charge >= 0.3 is 0 Å². The normalized spacial score (nSPS) is 12.8. The average Bonchev–Trinajstić information content (AvgIpc) is 3.46. The van der Waals surface area contributed by atoms with Crippen LogP contribution >= 0.6 is 0 Å². The van der Waals surface area contributed by atoms with Crippen LogP contribution in [0.5, 0.6) is 5.75 Å². The van der Waals surface area contributed by atoms with E-state index in [9.17, 15) is 4.79 Å². The fourth-order valence-electron chi connectivity index (χ4n) is 4.18. The summed E-state index contributed by atoms with van der Waals surface area (Å²) in [6.07, 6.45) is 12.1. The standard InChI is InChI=1S/C27H25N9O2/c1-35-16-31-27(34-35)19-4-3-5-21(26(19)38-2)32-22-12-24(30-14-20(22)25(37)17-6-7-17)33-23-9-8-18(13-29-23)36-11-10-28-15-36/h3-5,8-17H,6-7H2,1-2H3,(H2,29,30,32,33). The minimum absolute atomic E-state index is 0.0412. The largest absolute Gasteiger partial charge is 0.494 e. The Labute approximate surface area is 218 Å². The number of ketones is 1. The van der Waals surface area contributed by atoms with E-state index in [4.69, 9.17) is 4.74 Å². The molecule has 38 heavy (non-hydrogen) atoms. The number of para-hydroxylation sites is 1. The number of hydrogen-bond acceptors (Lipinski definition) is 9. The van der Waals surface area contributed by atoms with Crippen molar-refractivity contribution < 1.29 is 9.53 Å². The molecule has 0 unspecified atom stereocenters. The third-order valence-corrected chi connectivity index (χ3v) is 6.25. The summed E-state index contributed by atoms with van der Waals surface area (Å²) >= 11 is 0. The summed E-state index contributed by atoms with van der Waals surface area (Å²) in [7, 11) is 3.41. The Balaban J connectivity index is 1.32. The van der Waals surface area contributed by atoms with Crippen molar-refractivity contribution in [2.24, 2.45) is 13.0 Å². The van der Waals surface area contributed by atoms with Gasteiger partial charge in [0.15, 0.2) is 17.4 Å². The van der Waals surface area contributed by atoms with Crippen LogP contribution in [0, 0.1) is 5.92 Å². The van der Waals surface area contributed by atoms with E-state index in [1.807, 2.05) is 54.2 Å². The number of methoxy groups -OCH3 is 1. The van der Waals surface area contributed by atoms with Gasteiger partial charge < -0.3 is 19.9 Å². The Morgan fingerprint density at radius 1 is 1.00 bits per heavy atom. The first-order valence-corrected chi connectivity index (χ1v) is 12.1. The van der Waals surface area contributed by atoms with Gasteiger partial charge in [0.1, 0.15) is 18.0 Å². The maximum atomic E-state index is 13.1. The van der Waals surface area contributed by atoms with Gasteiger partial charge in [0.05, 0.1) is 47.8 Å². The first kappa shape index (κ1) is 23.3. The maximum Gasteiger partial charge on any atom is 0.184 e. The van der Waals surface area contributed by atoms with Crippen molar-refractivity contribution in [1.29, 1.82) is 0 Å². The van der Waals surface area contributed by atoms with Crippen molar-refractivity contribution >= 4 is 28.8 Å². The van der Waals surface area contributed by atoms with Crippen LogP contribution in [0.15, 0.2) is 73.8 Å². The molecule has 5 aromatic rings.